The van der Waals surface area contributed by atoms with E-state index in [-0.39, 0.29) is 17.0 Å². The molecule has 1 aromatic carbocycles. The van der Waals surface area contributed by atoms with Crippen molar-refractivity contribution in [3.8, 4) is 0 Å². The Morgan fingerprint density at radius 1 is 1.27 bits per heavy atom. The van der Waals surface area contributed by atoms with Gasteiger partial charge in [0.2, 0.25) is 5.91 Å². The number of rotatable bonds is 4. The van der Waals surface area contributed by atoms with Gasteiger partial charge < -0.3 is 15.7 Å². The fraction of sp³-hybridized carbons (Fsp3) is 0.500. The lowest BCUT2D eigenvalue weighted by atomic mass is 9.76. The molecule has 22 heavy (non-hydrogen) atoms. The van der Waals surface area contributed by atoms with E-state index in [0.717, 1.165) is 0 Å². The number of carbonyl (C=O) groups is 1. The average molecular weight is 326 g/mol. The van der Waals surface area contributed by atoms with Crippen molar-refractivity contribution in [1.82, 2.24) is 10.6 Å². The van der Waals surface area contributed by atoms with Crippen LogP contribution in [0.3, 0.4) is 0 Å². The van der Waals surface area contributed by atoms with Crippen LogP contribution in [0.2, 0.25) is 0 Å². The molecule has 1 amide bonds. The van der Waals surface area contributed by atoms with E-state index in [0.29, 0.717) is 5.56 Å². The van der Waals surface area contributed by atoms with Gasteiger partial charge in [-0.05, 0) is 52.9 Å². The molecular formula is C16H23FN2O2S. The van der Waals surface area contributed by atoms with Crippen LogP contribution in [0.4, 0.5) is 4.39 Å². The Morgan fingerprint density at radius 3 is 2.32 bits per heavy atom. The minimum absolute atomic E-state index is 0.0954. The second kappa shape index (κ2) is 6.71. The number of hydrogen-bond donors (Lipinski definition) is 3. The molecule has 0 aliphatic carbocycles. The Hall–Kier alpha value is -1.53. The van der Waals surface area contributed by atoms with E-state index in [1.54, 1.807) is 52.8 Å². The van der Waals surface area contributed by atoms with Crippen LogP contribution in [0.25, 0.3) is 0 Å². The average Bonchev–Trinajstić information content (AvgIpc) is 2.37. The highest BCUT2D eigenvalue weighted by Gasteiger charge is 2.42. The van der Waals surface area contributed by atoms with Gasteiger partial charge in [0.15, 0.2) is 5.11 Å². The smallest absolute Gasteiger partial charge is 0.234 e. The Morgan fingerprint density at radius 2 is 1.82 bits per heavy atom. The molecule has 0 saturated carbocycles. The van der Waals surface area contributed by atoms with Gasteiger partial charge in [0, 0.05) is 5.56 Å². The summed E-state index contributed by atoms with van der Waals surface area (Å²) < 4.78 is 13.7. The molecule has 0 saturated heterocycles. The molecule has 3 N–H and O–H groups in total. The summed E-state index contributed by atoms with van der Waals surface area (Å²) in [4.78, 5) is 12.2. The van der Waals surface area contributed by atoms with Crippen LogP contribution < -0.4 is 10.6 Å². The standard InChI is InChI=1S/C16H23FN2O2S/c1-10(11-8-6-7-9-12(11)17)18-14(22)19-13(20)15(2,3)16(4,5)21/h6-10,21H,1-5H3,(H2,18,19,20,22)/t10-/m0/s1. The predicted octanol–water partition coefficient (Wildman–Crippen LogP) is 2.67. The summed E-state index contributed by atoms with van der Waals surface area (Å²) in [5.74, 6) is -0.744. The SMILES string of the molecule is C[C@H](NC(=S)NC(=O)C(C)(C)C(C)(C)O)c1ccccc1F. The second-order valence-corrected chi connectivity index (χ2v) is 6.76. The summed E-state index contributed by atoms with van der Waals surface area (Å²) in [7, 11) is 0. The highest BCUT2D eigenvalue weighted by atomic mass is 32.1. The molecule has 0 heterocycles. The van der Waals surface area contributed by atoms with Crippen LogP contribution in [0.5, 0.6) is 0 Å². The van der Waals surface area contributed by atoms with E-state index in [1.165, 1.54) is 6.07 Å². The third-order valence-electron chi connectivity index (χ3n) is 4.04. The molecule has 0 aromatic heterocycles. The minimum Gasteiger partial charge on any atom is -0.389 e. The lowest BCUT2D eigenvalue weighted by Gasteiger charge is -2.35. The molecule has 0 bridgehead atoms. The molecule has 6 heteroatoms. The van der Waals surface area contributed by atoms with E-state index < -0.39 is 16.9 Å². The van der Waals surface area contributed by atoms with Crippen LogP contribution >= 0.6 is 12.2 Å². The summed E-state index contributed by atoms with van der Waals surface area (Å²) in [6.45, 7) is 8.13. The fourth-order valence-corrected chi connectivity index (χ4v) is 1.94. The number of aliphatic hydroxyl groups is 1. The number of nitrogens with one attached hydrogen (secondary N) is 2. The van der Waals surface area contributed by atoms with Crippen LogP contribution in [0.1, 0.15) is 46.2 Å². The molecule has 0 aliphatic rings. The van der Waals surface area contributed by atoms with Crippen molar-refractivity contribution < 1.29 is 14.3 Å². The molecular weight excluding hydrogens is 303 g/mol. The molecule has 0 spiro atoms. The van der Waals surface area contributed by atoms with Crippen LogP contribution in [-0.2, 0) is 4.79 Å². The molecule has 0 fully saturated rings. The van der Waals surface area contributed by atoms with Gasteiger partial charge in [0.05, 0.1) is 17.1 Å². The van der Waals surface area contributed by atoms with Crippen molar-refractivity contribution in [1.29, 1.82) is 0 Å². The zero-order chi connectivity index (χ0) is 17.1. The third-order valence-corrected chi connectivity index (χ3v) is 4.26. The molecule has 0 aliphatic heterocycles. The number of benzene rings is 1. The Bertz CT molecular complexity index is 568. The normalized spacial score (nSPS) is 13.4. The Balaban J connectivity index is 2.71. The van der Waals surface area contributed by atoms with E-state index >= 15 is 0 Å². The molecule has 1 aromatic rings. The topological polar surface area (TPSA) is 61.4 Å². The zero-order valence-electron chi connectivity index (χ0n) is 13.5. The summed E-state index contributed by atoms with van der Waals surface area (Å²) in [6.07, 6.45) is 0. The van der Waals surface area contributed by atoms with Crippen molar-refractivity contribution in [3.63, 3.8) is 0 Å². The van der Waals surface area contributed by atoms with Crippen LogP contribution in [-0.4, -0.2) is 21.7 Å². The van der Waals surface area contributed by atoms with Gasteiger partial charge in [0.1, 0.15) is 5.82 Å². The van der Waals surface area contributed by atoms with Gasteiger partial charge in [-0.25, -0.2) is 4.39 Å². The maximum atomic E-state index is 13.7. The summed E-state index contributed by atoms with van der Waals surface area (Å²) in [5, 5.41) is 15.6. The third kappa shape index (κ3) is 4.24. The maximum absolute atomic E-state index is 13.7. The van der Waals surface area contributed by atoms with Gasteiger partial charge >= 0.3 is 0 Å². The van der Waals surface area contributed by atoms with Crippen molar-refractivity contribution in [2.75, 3.05) is 0 Å². The molecule has 1 rings (SSSR count). The zero-order valence-corrected chi connectivity index (χ0v) is 14.3. The first-order valence-corrected chi connectivity index (χ1v) is 7.46. The first-order chi connectivity index (χ1) is 9.96. The predicted molar refractivity (Wildman–Crippen MR) is 88.8 cm³/mol. The van der Waals surface area contributed by atoms with Gasteiger partial charge in [-0.1, -0.05) is 18.2 Å². The maximum Gasteiger partial charge on any atom is 0.234 e. The van der Waals surface area contributed by atoms with E-state index in [9.17, 15) is 14.3 Å². The highest BCUT2D eigenvalue weighted by Crippen LogP contribution is 2.30. The van der Waals surface area contributed by atoms with Crippen molar-refractivity contribution >= 4 is 23.2 Å². The summed E-state index contributed by atoms with van der Waals surface area (Å²) in [5.41, 5.74) is -1.77. The molecule has 0 radical (unpaired) electrons. The van der Waals surface area contributed by atoms with Gasteiger partial charge in [0.25, 0.3) is 0 Å². The summed E-state index contributed by atoms with van der Waals surface area (Å²) >= 11 is 5.09. The quantitative estimate of drug-likeness (QED) is 0.745. The molecule has 4 nitrogen and oxygen atoms in total. The van der Waals surface area contributed by atoms with Crippen molar-refractivity contribution in [2.24, 2.45) is 5.41 Å². The number of halogens is 1. The molecule has 1 atom stereocenters. The Labute approximate surface area is 136 Å². The monoisotopic (exact) mass is 326 g/mol. The van der Waals surface area contributed by atoms with Gasteiger partial charge in [-0.3, -0.25) is 4.79 Å². The van der Waals surface area contributed by atoms with E-state index in [2.05, 4.69) is 10.6 Å². The molecule has 122 valence electrons. The fourth-order valence-electron chi connectivity index (χ4n) is 1.67. The number of amides is 1. The van der Waals surface area contributed by atoms with Crippen molar-refractivity contribution in [2.45, 2.75) is 46.3 Å². The van der Waals surface area contributed by atoms with E-state index in [1.807, 2.05) is 0 Å². The first kappa shape index (κ1) is 18.5. The highest BCUT2D eigenvalue weighted by molar-refractivity contribution is 7.80. The van der Waals surface area contributed by atoms with Gasteiger partial charge in [-0.15, -0.1) is 0 Å². The van der Waals surface area contributed by atoms with Gasteiger partial charge in [-0.2, -0.15) is 0 Å². The second-order valence-electron chi connectivity index (χ2n) is 6.35. The lowest BCUT2D eigenvalue weighted by Crippen LogP contribution is -2.53. The minimum atomic E-state index is -1.20. The van der Waals surface area contributed by atoms with Crippen molar-refractivity contribution in [3.05, 3.63) is 35.6 Å². The van der Waals surface area contributed by atoms with Crippen LogP contribution in [0, 0.1) is 11.2 Å². The lowest BCUT2D eigenvalue weighted by molar-refractivity contribution is -0.140. The van der Waals surface area contributed by atoms with Crippen LogP contribution in [0.15, 0.2) is 24.3 Å². The first-order valence-electron chi connectivity index (χ1n) is 7.05. The summed E-state index contributed by atoms with van der Waals surface area (Å²) in [6, 6.07) is 5.97. The molecule has 0 unspecified atom stereocenters. The largest absolute Gasteiger partial charge is 0.389 e. The Kier molecular flexibility index (Phi) is 5.65. The number of hydrogen-bond acceptors (Lipinski definition) is 3. The van der Waals surface area contributed by atoms with E-state index in [4.69, 9.17) is 12.2 Å². The number of thiocarbonyl (C=S) groups is 1. The number of carbonyl (C=O) groups excluding carboxylic acids is 1.